The number of carboxylic acid groups (broad SMARTS) is 1. The second-order valence-corrected chi connectivity index (χ2v) is 5.75. The van der Waals surface area contributed by atoms with Crippen LogP contribution in [0, 0.1) is 17.6 Å². The molecule has 1 amide bonds. The minimum absolute atomic E-state index is 0.0410. The first-order valence-electron chi connectivity index (χ1n) is 7.32. The molecule has 8 heteroatoms. The molecule has 0 spiro atoms. The predicted octanol–water partition coefficient (Wildman–Crippen LogP) is 2.58. The maximum atomic E-state index is 13.9. The molecule has 0 fully saturated rings. The Balaban J connectivity index is 2.33. The molecule has 128 valence electrons. The van der Waals surface area contributed by atoms with Crippen LogP contribution in [0.15, 0.2) is 24.4 Å². The minimum atomic E-state index is -1.18. The number of carbonyl (C=O) groups excluding carboxylic acids is 1. The third-order valence-electron chi connectivity index (χ3n) is 3.41. The topological polar surface area (TPSA) is 95.1 Å². The van der Waals surface area contributed by atoms with Crippen molar-refractivity contribution in [3.63, 3.8) is 0 Å². The Morgan fingerprint density at radius 1 is 1.29 bits per heavy atom. The summed E-state index contributed by atoms with van der Waals surface area (Å²) in [5, 5.41) is 17.6. The van der Waals surface area contributed by atoms with Crippen molar-refractivity contribution in [2.24, 2.45) is 5.92 Å². The highest BCUT2D eigenvalue weighted by Crippen LogP contribution is 2.27. The van der Waals surface area contributed by atoms with Crippen LogP contribution in [0.5, 0.6) is 0 Å². The van der Waals surface area contributed by atoms with E-state index in [4.69, 9.17) is 0 Å². The van der Waals surface area contributed by atoms with Crippen LogP contribution < -0.4 is 5.32 Å². The van der Waals surface area contributed by atoms with Gasteiger partial charge in [0.25, 0.3) is 5.91 Å². The van der Waals surface area contributed by atoms with Gasteiger partial charge in [-0.1, -0.05) is 19.9 Å². The summed E-state index contributed by atoms with van der Waals surface area (Å²) in [6.45, 7) is 3.64. The van der Waals surface area contributed by atoms with E-state index in [0.29, 0.717) is 0 Å². The Morgan fingerprint density at radius 2 is 1.92 bits per heavy atom. The van der Waals surface area contributed by atoms with Crippen LogP contribution >= 0.6 is 0 Å². The number of nitrogens with one attached hydrogen (secondary N) is 2. The number of benzene rings is 1. The van der Waals surface area contributed by atoms with Crippen molar-refractivity contribution in [3.8, 4) is 11.3 Å². The molecule has 0 aliphatic rings. The number of aromatic nitrogens is 2. The van der Waals surface area contributed by atoms with Crippen molar-refractivity contribution in [3.05, 3.63) is 41.6 Å². The fourth-order valence-corrected chi connectivity index (χ4v) is 2.31. The Bertz CT molecular complexity index is 739. The number of H-pyrrole nitrogens is 1. The molecule has 0 saturated heterocycles. The molecule has 1 heterocycles. The van der Waals surface area contributed by atoms with Crippen molar-refractivity contribution in [1.82, 2.24) is 15.5 Å². The van der Waals surface area contributed by atoms with Gasteiger partial charge in [0.1, 0.15) is 17.7 Å². The molecule has 3 N–H and O–H groups in total. The van der Waals surface area contributed by atoms with Gasteiger partial charge in [-0.05, 0) is 24.5 Å². The van der Waals surface area contributed by atoms with Crippen LogP contribution in [0.2, 0.25) is 0 Å². The molecule has 6 nitrogen and oxygen atoms in total. The molecule has 2 rings (SSSR count). The van der Waals surface area contributed by atoms with E-state index >= 15 is 0 Å². The van der Waals surface area contributed by atoms with E-state index in [2.05, 4.69) is 15.5 Å². The lowest BCUT2D eigenvalue weighted by atomic mass is 10.0. The van der Waals surface area contributed by atoms with Gasteiger partial charge in [0.05, 0.1) is 23.0 Å². The van der Waals surface area contributed by atoms with E-state index in [9.17, 15) is 23.5 Å². The summed E-state index contributed by atoms with van der Waals surface area (Å²) in [4.78, 5) is 23.6. The average molecular weight is 337 g/mol. The molecule has 0 bridgehead atoms. The van der Waals surface area contributed by atoms with Gasteiger partial charge in [0, 0.05) is 0 Å². The number of hydrogen-bond acceptors (Lipinski definition) is 3. The summed E-state index contributed by atoms with van der Waals surface area (Å²) in [6.07, 6.45) is 1.33. The molecule has 2 aromatic rings. The standard InChI is InChI=1S/C16H17F2N3O3/c1-8(2)6-12(16(23)24)20-15(22)9-7-19-21-14(9)13-10(17)4-3-5-11(13)18/h3-5,7-8,12H,6H2,1-2H3,(H,19,21)(H,20,22)(H,23,24)/t12-/m1/s1. The quantitative estimate of drug-likeness (QED) is 0.755. The van der Waals surface area contributed by atoms with E-state index < -0.39 is 35.1 Å². The van der Waals surface area contributed by atoms with E-state index in [1.165, 1.54) is 6.07 Å². The Kier molecular flexibility index (Phi) is 5.28. The number of halogens is 2. The summed E-state index contributed by atoms with van der Waals surface area (Å²) in [5.41, 5.74) is -0.693. The minimum Gasteiger partial charge on any atom is -0.480 e. The van der Waals surface area contributed by atoms with Gasteiger partial charge in [-0.15, -0.1) is 0 Å². The Labute approximate surface area is 136 Å². The van der Waals surface area contributed by atoms with Crippen LogP contribution in [-0.4, -0.2) is 33.2 Å². The highest BCUT2D eigenvalue weighted by Gasteiger charge is 2.26. The number of hydrogen-bond donors (Lipinski definition) is 3. The van der Waals surface area contributed by atoms with Crippen molar-refractivity contribution in [1.29, 1.82) is 0 Å². The molecule has 1 aromatic carbocycles. The largest absolute Gasteiger partial charge is 0.480 e. The van der Waals surface area contributed by atoms with E-state index in [0.717, 1.165) is 18.3 Å². The van der Waals surface area contributed by atoms with Gasteiger partial charge in [-0.25, -0.2) is 13.6 Å². The molecule has 24 heavy (non-hydrogen) atoms. The zero-order valence-corrected chi connectivity index (χ0v) is 13.1. The predicted molar refractivity (Wildman–Crippen MR) is 82.3 cm³/mol. The third kappa shape index (κ3) is 3.76. The lowest BCUT2D eigenvalue weighted by Crippen LogP contribution is -2.41. The van der Waals surface area contributed by atoms with Crippen LogP contribution in [0.3, 0.4) is 0 Å². The molecular weight excluding hydrogens is 320 g/mol. The SMILES string of the molecule is CC(C)C[C@@H](NC(=O)c1cn[nH]c1-c1c(F)cccc1F)C(=O)O. The van der Waals surface area contributed by atoms with Gasteiger partial charge in [-0.2, -0.15) is 5.10 Å². The number of amides is 1. The lowest BCUT2D eigenvalue weighted by molar-refractivity contribution is -0.139. The lowest BCUT2D eigenvalue weighted by Gasteiger charge is -2.16. The number of carbonyl (C=O) groups is 2. The van der Waals surface area contributed by atoms with Gasteiger partial charge in [-0.3, -0.25) is 9.89 Å². The molecule has 0 saturated carbocycles. The summed E-state index contributed by atoms with van der Waals surface area (Å²) < 4.78 is 27.8. The maximum Gasteiger partial charge on any atom is 0.326 e. The fraction of sp³-hybridized carbons (Fsp3) is 0.312. The fourth-order valence-electron chi connectivity index (χ4n) is 2.31. The zero-order chi connectivity index (χ0) is 17.9. The number of carboxylic acids is 1. The summed E-state index contributed by atoms with van der Waals surface area (Å²) >= 11 is 0. The monoisotopic (exact) mass is 337 g/mol. The van der Waals surface area contributed by atoms with Crippen LogP contribution in [0.1, 0.15) is 30.6 Å². The van der Waals surface area contributed by atoms with Crippen molar-refractivity contribution in [2.45, 2.75) is 26.3 Å². The van der Waals surface area contributed by atoms with Crippen LogP contribution in [-0.2, 0) is 4.79 Å². The maximum absolute atomic E-state index is 13.9. The molecule has 0 aliphatic heterocycles. The number of nitrogens with zero attached hydrogens (tertiary/aromatic N) is 1. The van der Waals surface area contributed by atoms with Gasteiger partial charge in [0.2, 0.25) is 0 Å². The Hall–Kier alpha value is -2.77. The van der Waals surface area contributed by atoms with Crippen molar-refractivity contribution in [2.75, 3.05) is 0 Å². The molecule has 0 radical (unpaired) electrons. The highest BCUT2D eigenvalue weighted by atomic mass is 19.1. The normalized spacial score (nSPS) is 12.2. The van der Waals surface area contributed by atoms with Crippen molar-refractivity contribution < 1.29 is 23.5 Å². The summed E-state index contributed by atoms with van der Waals surface area (Å²) in [6, 6.07) is 2.21. The van der Waals surface area contributed by atoms with E-state index in [1.807, 2.05) is 13.8 Å². The number of rotatable bonds is 6. The first-order chi connectivity index (χ1) is 11.3. The summed E-state index contributed by atoms with van der Waals surface area (Å²) in [5.74, 6) is -3.62. The Morgan fingerprint density at radius 3 is 2.46 bits per heavy atom. The van der Waals surface area contributed by atoms with Gasteiger partial charge in [0.15, 0.2) is 0 Å². The second-order valence-electron chi connectivity index (χ2n) is 5.75. The smallest absolute Gasteiger partial charge is 0.326 e. The van der Waals surface area contributed by atoms with Gasteiger partial charge < -0.3 is 10.4 Å². The van der Waals surface area contributed by atoms with Crippen LogP contribution in [0.25, 0.3) is 11.3 Å². The molecular formula is C16H17F2N3O3. The van der Waals surface area contributed by atoms with E-state index in [1.54, 1.807) is 0 Å². The second kappa shape index (κ2) is 7.20. The van der Waals surface area contributed by atoms with Crippen molar-refractivity contribution >= 4 is 11.9 Å². The molecule has 1 aromatic heterocycles. The summed E-state index contributed by atoms with van der Waals surface area (Å²) in [7, 11) is 0. The first-order valence-corrected chi connectivity index (χ1v) is 7.32. The molecule has 0 unspecified atom stereocenters. The molecule has 1 atom stereocenters. The molecule has 0 aliphatic carbocycles. The third-order valence-corrected chi connectivity index (χ3v) is 3.41. The zero-order valence-electron chi connectivity index (χ0n) is 13.1. The average Bonchev–Trinajstić information content (AvgIpc) is 2.95. The van der Waals surface area contributed by atoms with Crippen LogP contribution in [0.4, 0.5) is 8.78 Å². The first kappa shape index (κ1) is 17.6. The number of aromatic amines is 1. The number of aliphatic carboxylic acids is 1. The highest BCUT2D eigenvalue weighted by molar-refractivity contribution is 6.01. The van der Waals surface area contributed by atoms with Gasteiger partial charge >= 0.3 is 5.97 Å². The van der Waals surface area contributed by atoms with E-state index in [-0.39, 0.29) is 23.6 Å².